The Morgan fingerprint density at radius 1 is 0.875 bits per heavy atom. The quantitative estimate of drug-likeness (QED) is 0.599. The molecule has 0 saturated heterocycles. The van der Waals surface area contributed by atoms with Gasteiger partial charge in [0.1, 0.15) is 0 Å². The molecular weight excluding hydrogens is 196 g/mol. The maximum atomic E-state index is 12.4. The van der Waals surface area contributed by atoms with Crippen LogP contribution in [0.3, 0.4) is 0 Å². The van der Waals surface area contributed by atoms with Crippen molar-refractivity contribution in [1.29, 1.82) is 0 Å². The molecule has 0 aromatic carbocycles. The zero-order valence-corrected chi connectivity index (χ0v) is 11.6. The molecule has 0 unspecified atom stereocenters. The van der Waals surface area contributed by atoms with E-state index < -0.39 is 0 Å². The summed E-state index contributed by atoms with van der Waals surface area (Å²) in [5.41, 5.74) is 1.81. The van der Waals surface area contributed by atoms with Crippen LogP contribution in [-0.2, 0) is 4.79 Å². The van der Waals surface area contributed by atoms with Crippen LogP contribution in [0, 0.1) is 16.7 Å². The Bertz CT molecular complexity index is 322. The number of carbonyl (C=O) groups excluding carboxylic acids is 1. The van der Waals surface area contributed by atoms with E-state index in [2.05, 4.69) is 60.6 Å². The average molecular weight is 220 g/mol. The number of ketones is 1. The van der Waals surface area contributed by atoms with Crippen molar-refractivity contribution >= 4 is 5.78 Å². The SMILES string of the molecule is CC1C=C(C(C)(C)C)C(=O)C(C(C)(C)C)=C1. The Morgan fingerprint density at radius 3 is 1.44 bits per heavy atom. The first-order chi connectivity index (χ1) is 7.03. The van der Waals surface area contributed by atoms with Gasteiger partial charge in [-0.1, -0.05) is 60.6 Å². The highest BCUT2D eigenvalue weighted by atomic mass is 16.1. The van der Waals surface area contributed by atoms with Crippen LogP contribution in [0.4, 0.5) is 0 Å². The Balaban J connectivity index is 3.18. The lowest BCUT2D eigenvalue weighted by Gasteiger charge is -2.32. The predicted molar refractivity (Wildman–Crippen MR) is 69.2 cm³/mol. The van der Waals surface area contributed by atoms with E-state index in [-0.39, 0.29) is 16.6 Å². The molecule has 1 aliphatic carbocycles. The Kier molecular flexibility index (Phi) is 3.20. The van der Waals surface area contributed by atoms with Gasteiger partial charge in [0, 0.05) is 11.1 Å². The fourth-order valence-electron chi connectivity index (χ4n) is 2.05. The lowest BCUT2D eigenvalue weighted by molar-refractivity contribution is -0.114. The number of carbonyl (C=O) groups is 1. The van der Waals surface area contributed by atoms with Gasteiger partial charge in [0.05, 0.1) is 0 Å². The topological polar surface area (TPSA) is 17.1 Å². The summed E-state index contributed by atoms with van der Waals surface area (Å²) >= 11 is 0. The van der Waals surface area contributed by atoms with Crippen LogP contribution in [0.25, 0.3) is 0 Å². The lowest BCUT2D eigenvalue weighted by atomic mass is 9.71. The number of hydrogen-bond acceptors (Lipinski definition) is 1. The second kappa shape index (κ2) is 3.87. The van der Waals surface area contributed by atoms with Crippen molar-refractivity contribution in [3.05, 3.63) is 23.3 Å². The maximum absolute atomic E-state index is 12.4. The summed E-state index contributed by atoms with van der Waals surface area (Å²) in [5, 5.41) is 0. The van der Waals surface area contributed by atoms with Crippen molar-refractivity contribution in [2.24, 2.45) is 16.7 Å². The highest BCUT2D eigenvalue weighted by Gasteiger charge is 2.34. The van der Waals surface area contributed by atoms with Crippen molar-refractivity contribution in [3.8, 4) is 0 Å². The molecule has 0 fully saturated rings. The molecule has 0 bridgehead atoms. The summed E-state index contributed by atoms with van der Waals surface area (Å²) in [6.07, 6.45) is 4.22. The second-order valence-electron chi connectivity index (χ2n) is 6.85. The average Bonchev–Trinajstić information content (AvgIpc) is 2.04. The van der Waals surface area contributed by atoms with Gasteiger partial charge in [0.15, 0.2) is 5.78 Å². The number of Topliss-reactive ketones (excluding diaryl/α,β-unsaturated/α-hetero) is 1. The summed E-state index contributed by atoms with van der Waals surface area (Å²) in [6, 6.07) is 0. The van der Waals surface area contributed by atoms with Gasteiger partial charge < -0.3 is 0 Å². The van der Waals surface area contributed by atoms with E-state index in [9.17, 15) is 4.79 Å². The molecule has 0 atom stereocenters. The van der Waals surface area contributed by atoms with E-state index in [1.54, 1.807) is 0 Å². The first kappa shape index (κ1) is 13.2. The van der Waals surface area contributed by atoms with Crippen LogP contribution >= 0.6 is 0 Å². The van der Waals surface area contributed by atoms with Crippen molar-refractivity contribution in [2.45, 2.75) is 48.5 Å². The molecule has 1 heteroatoms. The van der Waals surface area contributed by atoms with Crippen molar-refractivity contribution < 1.29 is 4.79 Å². The first-order valence-electron chi connectivity index (χ1n) is 6.03. The predicted octanol–water partition coefficient (Wildman–Crippen LogP) is 4.15. The monoisotopic (exact) mass is 220 g/mol. The number of allylic oxidation sites excluding steroid dienone is 4. The highest BCUT2D eigenvalue weighted by molar-refractivity contribution is 6.10. The molecule has 0 aromatic rings. The van der Waals surface area contributed by atoms with Gasteiger partial charge in [-0.05, 0) is 16.7 Å². The van der Waals surface area contributed by atoms with E-state index in [4.69, 9.17) is 0 Å². The molecule has 0 amide bonds. The van der Waals surface area contributed by atoms with Crippen molar-refractivity contribution in [2.75, 3.05) is 0 Å². The molecular formula is C15H24O. The first-order valence-corrected chi connectivity index (χ1v) is 6.03. The van der Waals surface area contributed by atoms with E-state index in [1.807, 2.05) is 0 Å². The molecule has 0 heterocycles. The van der Waals surface area contributed by atoms with Crippen LogP contribution in [0.1, 0.15) is 48.5 Å². The van der Waals surface area contributed by atoms with Crippen LogP contribution in [0.2, 0.25) is 0 Å². The van der Waals surface area contributed by atoms with Gasteiger partial charge in [-0.3, -0.25) is 4.79 Å². The Hall–Kier alpha value is -0.850. The van der Waals surface area contributed by atoms with Crippen LogP contribution in [0.5, 0.6) is 0 Å². The second-order valence-corrected chi connectivity index (χ2v) is 6.85. The third-order valence-electron chi connectivity index (χ3n) is 2.96. The van der Waals surface area contributed by atoms with Gasteiger partial charge >= 0.3 is 0 Å². The third-order valence-corrected chi connectivity index (χ3v) is 2.96. The van der Waals surface area contributed by atoms with Crippen molar-refractivity contribution in [3.63, 3.8) is 0 Å². The van der Waals surface area contributed by atoms with Gasteiger partial charge in [0.2, 0.25) is 0 Å². The van der Waals surface area contributed by atoms with Crippen molar-refractivity contribution in [1.82, 2.24) is 0 Å². The van der Waals surface area contributed by atoms with Gasteiger partial charge in [-0.2, -0.15) is 0 Å². The third kappa shape index (κ3) is 2.63. The standard InChI is InChI=1S/C15H24O/c1-10-8-11(14(2,3)4)13(16)12(9-10)15(5,6)7/h8-10H,1-7H3. The molecule has 0 radical (unpaired) electrons. The van der Waals surface area contributed by atoms with E-state index in [0.717, 1.165) is 11.1 Å². The molecule has 1 rings (SSSR count). The largest absolute Gasteiger partial charge is 0.289 e. The fraction of sp³-hybridized carbons (Fsp3) is 0.667. The minimum Gasteiger partial charge on any atom is -0.289 e. The normalized spacial score (nSPS) is 19.6. The number of hydrogen-bond donors (Lipinski definition) is 0. The van der Waals surface area contributed by atoms with E-state index in [1.165, 1.54) is 0 Å². The molecule has 0 N–H and O–H groups in total. The summed E-state index contributed by atoms with van der Waals surface area (Å²) in [5.74, 6) is 0.597. The summed E-state index contributed by atoms with van der Waals surface area (Å²) in [6.45, 7) is 14.8. The minimum atomic E-state index is -0.0594. The Labute approximate surface area is 99.6 Å². The smallest absolute Gasteiger partial charge is 0.185 e. The van der Waals surface area contributed by atoms with E-state index in [0.29, 0.717) is 5.92 Å². The molecule has 0 saturated carbocycles. The highest BCUT2D eigenvalue weighted by Crippen LogP contribution is 2.38. The molecule has 1 nitrogen and oxygen atoms in total. The lowest BCUT2D eigenvalue weighted by Crippen LogP contribution is -2.28. The van der Waals surface area contributed by atoms with Gasteiger partial charge in [0.25, 0.3) is 0 Å². The molecule has 1 aliphatic rings. The number of rotatable bonds is 0. The zero-order chi connectivity index (χ0) is 12.7. The van der Waals surface area contributed by atoms with Gasteiger partial charge in [-0.25, -0.2) is 0 Å². The fourth-order valence-corrected chi connectivity index (χ4v) is 2.05. The van der Waals surface area contributed by atoms with E-state index >= 15 is 0 Å². The van der Waals surface area contributed by atoms with Crippen LogP contribution in [0.15, 0.2) is 23.3 Å². The summed E-state index contributed by atoms with van der Waals surface area (Å²) in [7, 11) is 0. The summed E-state index contributed by atoms with van der Waals surface area (Å²) in [4.78, 5) is 12.4. The zero-order valence-electron chi connectivity index (χ0n) is 11.6. The molecule has 90 valence electrons. The maximum Gasteiger partial charge on any atom is 0.185 e. The van der Waals surface area contributed by atoms with Gasteiger partial charge in [-0.15, -0.1) is 0 Å². The molecule has 16 heavy (non-hydrogen) atoms. The molecule has 0 aromatic heterocycles. The summed E-state index contributed by atoms with van der Waals surface area (Å²) < 4.78 is 0. The molecule has 0 spiro atoms. The molecule has 0 aliphatic heterocycles. The van der Waals surface area contributed by atoms with Crippen LogP contribution < -0.4 is 0 Å². The minimum absolute atomic E-state index is 0.0594. The van der Waals surface area contributed by atoms with Crippen LogP contribution in [-0.4, -0.2) is 5.78 Å². The Morgan fingerprint density at radius 2 is 1.19 bits per heavy atom.